The number of rotatable bonds is 6. The molecular formula is C29H33NO3. The lowest BCUT2D eigenvalue weighted by Crippen LogP contribution is -2.36. The van der Waals surface area contributed by atoms with Crippen LogP contribution in [0.3, 0.4) is 0 Å². The second kappa shape index (κ2) is 9.70. The summed E-state index contributed by atoms with van der Waals surface area (Å²) in [5, 5.41) is 0. The number of carbonyl (C=O) groups excluding carboxylic acids is 1. The van der Waals surface area contributed by atoms with Gasteiger partial charge in [0.2, 0.25) is 0 Å². The Kier molecular flexibility index (Phi) is 6.73. The van der Waals surface area contributed by atoms with Gasteiger partial charge in [0.1, 0.15) is 18.1 Å². The van der Waals surface area contributed by atoms with Crippen LogP contribution in [0.15, 0.2) is 66.7 Å². The monoisotopic (exact) mass is 443 g/mol. The van der Waals surface area contributed by atoms with Gasteiger partial charge in [-0.3, -0.25) is 4.79 Å². The summed E-state index contributed by atoms with van der Waals surface area (Å²) in [6.45, 7) is 10.8. The van der Waals surface area contributed by atoms with Crippen LogP contribution in [-0.4, -0.2) is 24.0 Å². The minimum absolute atomic E-state index is 0.0448. The molecule has 0 aliphatic carbocycles. The smallest absolute Gasteiger partial charge is 0.254 e. The minimum atomic E-state index is 0.0448. The Morgan fingerprint density at radius 1 is 0.939 bits per heavy atom. The molecule has 0 saturated heterocycles. The fourth-order valence-corrected chi connectivity index (χ4v) is 4.19. The Morgan fingerprint density at radius 3 is 2.36 bits per heavy atom. The molecule has 172 valence electrons. The van der Waals surface area contributed by atoms with Gasteiger partial charge in [-0.2, -0.15) is 0 Å². The van der Waals surface area contributed by atoms with Gasteiger partial charge in [0.25, 0.3) is 5.91 Å². The van der Waals surface area contributed by atoms with Crippen LogP contribution in [-0.2, 0) is 25.0 Å². The van der Waals surface area contributed by atoms with Crippen molar-refractivity contribution in [2.45, 2.75) is 52.7 Å². The van der Waals surface area contributed by atoms with Crippen LogP contribution in [0, 0.1) is 0 Å². The van der Waals surface area contributed by atoms with Crippen molar-refractivity contribution in [2.75, 3.05) is 13.2 Å². The van der Waals surface area contributed by atoms with E-state index in [2.05, 4.69) is 51.1 Å². The van der Waals surface area contributed by atoms with Gasteiger partial charge < -0.3 is 14.4 Å². The van der Waals surface area contributed by atoms with E-state index in [9.17, 15) is 4.79 Å². The summed E-state index contributed by atoms with van der Waals surface area (Å²) in [5.74, 6) is 1.60. The number of hydrogen-bond acceptors (Lipinski definition) is 3. The summed E-state index contributed by atoms with van der Waals surface area (Å²) >= 11 is 0. The first-order chi connectivity index (χ1) is 15.8. The van der Waals surface area contributed by atoms with E-state index in [0.29, 0.717) is 25.3 Å². The van der Waals surface area contributed by atoms with Crippen molar-refractivity contribution < 1.29 is 14.3 Å². The van der Waals surface area contributed by atoms with Crippen molar-refractivity contribution >= 4 is 5.91 Å². The van der Waals surface area contributed by atoms with E-state index in [0.717, 1.165) is 30.0 Å². The van der Waals surface area contributed by atoms with Crippen LogP contribution in [0.4, 0.5) is 0 Å². The minimum Gasteiger partial charge on any atom is -0.493 e. The van der Waals surface area contributed by atoms with E-state index in [1.165, 1.54) is 16.7 Å². The highest BCUT2D eigenvalue weighted by atomic mass is 16.5. The molecule has 0 aromatic heterocycles. The summed E-state index contributed by atoms with van der Waals surface area (Å²) in [6, 6.07) is 22.2. The summed E-state index contributed by atoms with van der Waals surface area (Å²) < 4.78 is 11.9. The van der Waals surface area contributed by atoms with E-state index in [-0.39, 0.29) is 11.3 Å². The zero-order chi connectivity index (χ0) is 23.4. The molecule has 1 heterocycles. The Bertz CT molecular complexity index is 1110. The van der Waals surface area contributed by atoms with Crippen molar-refractivity contribution in [1.82, 2.24) is 4.90 Å². The quantitative estimate of drug-likeness (QED) is 0.458. The maximum absolute atomic E-state index is 13.3. The molecule has 4 nitrogen and oxygen atoms in total. The Balaban J connectivity index is 1.50. The number of fused-ring (bicyclic) bond motifs is 1. The molecule has 4 heteroatoms. The van der Waals surface area contributed by atoms with Crippen molar-refractivity contribution in [3.05, 3.63) is 94.5 Å². The summed E-state index contributed by atoms with van der Waals surface area (Å²) in [6.07, 6.45) is 0.888. The zero-order valence-corrected chi connectivity index (χ0v) is 20.1. The first kappa shape index (κ1) is 22.9. The summed E-state index contributed by atoms with van der Waals surface area (Å²) in [4.78, 5) is 15.2. The van der Waals surface area contributed by atoms with Crippen LogP contribution < -0.4 is 9.47 Å². The molecule has 0 atom stereocenters. The molecule has 1 aliphatic heterocycles. The Labute approximate surface area is 197 Å². The first-order valence-corrected chi connectivity index (χ1v) is 11.7. The molecule has 0 N–H and O–H groups in total. The highest BCUT2D eigenvalue weighted by molar-refractivity contribution is 5.94. The van der Waals surface area contributed by atoms with Gasteiger partial charge in [-0.15, -0.1) is 0 Å². The van der Waals surface area contributed by atoms with Gasteiger partial charge in [0.15, 0.2) is 0 Å². The van der Waals surface area contributed by atoms with Crippen molar-refractivity contribution in [3.63, 3.8) is 0 Å². The molecule has 1 amide bonds. The predicted octanol–water partition coefficient (Wildman–Crippen LogP) is 6.16. The molecule has 0 radical (unpaired) electrons. The van der Waals surface area contributed by atoms with Crippen molar-refractivity contribution in [3.8, 4) is 11.5 Å². The van der Waals surface area contributed by atoms with Crippen LogP contribution in [0.2, 0.25) is 0 Å². The zero-order valence-electron chi connectivity index (χ0n) is 20.1. The average molecular weight is 444 g/mol. The molecule has 0 spiro atoms. The third kappa shape index (κ3) is 5.39. The standard InChI is InChI=1S/C29H33NO3/c1-5-32-27-15-10-22(28(31)30-17-16-21-8-6-7-9-23(21)19-30)18-24(27)20-33-26-13-11-25(12-14-26)29(2,3)4/h6-15,18H,5,16-17,19-20H2,1-4H3. The lowest BCUT2D eigenvalue weighted by molar-refractivity contribution is 0.0734. The molecule has 0 fully saturated rings. The molecule has 0 bridgehead atoms. The Hall–Kier alpha value is -3.27. The largest absolute Gasteiger partial charge is 0.493 e. The highest BCUT2D eigenvalue weighted by Crippen LogP contribution is 2.27. The van der Waals surface area contributed by atoms with Crippen LogP contribution in [0.1, 0.15) is 60.3 Å². The highest BCUT2D eigenvalue weighted by Gasteiger charge is 2.22. The SMILES string of the molecule is CCOc1ccc(C(=O)N2CCc3ccccc3C2)cc1COc1ccc(C(C)(C)C)cc1. The molecule has 0 unspecified atom stereocenters. The summed E-state index contributed by atoms with van der Waals surface area (Å²) in [5.41, 5.74) is 5.47. The molecule has 0 saturated carbocycles. The number of ether oxygens (including phenoxy) is 2. The molecule has 4 rings (SSSR count). The van der Waals surface area contributed by atoms with Gasteiger partial charge in [-0.1, -0.05) is 57.2 Å². The van der Waals surface area contributed by atoms with Crippen LogP contribution in [0.5, 0.6) is 11.5 Å². The van der Waals surface area contributed by atoms with Crippen LogP contribution >= 0.6 is 0 Å². The van der Waals surface area contributed by atoms with Gasteiger partial charge >= 0.3 is 0 Å². The van der Waals surface area contributed by atoms with E-state index in [1.807, 2.05) is 48.2 Å². The van der Waals surface area contributed by atoms with Crippen LogP contribution in [0.25, 0.3) is 0 Å². The maximum atomic E-state index is 13.3. The van der Waals surface area contributed by atoms with Crippen molar-refractivity contribution in [1.29, 1.82) is 0 Å². The van der Waals surface area contributed by atoms with E-state index >= 15 is 0 Å². The average Bonchev–Trinajstić information content (AvgIpc) is 2.82. The first-order valence-electron chi connectivity index (χ1n) is 11.7. The lowest BCUT2D eigenvalue weighted by Gasteiger charge is -2.29. The third-order valence-corrected chi connectivity index (χ3v) is 6.14. The summed E-state index contributed by atoms with van der Waals surface area (Å²) in [7, 11) is 0. The third-order valence-electron chi connectivity index (χ3n) is 6.14. The number of carbonyl (C=O) groups is 1. The fraction of sp³-hybridized carbons (Fsp3) is 0.345. The van der Waals surface area contributed by atoms with Gasteiger partial charge in [0.05, 0.1) is 6.61 Å². The number of nitrogens with zero attached hydrogens (tertiary/aromatic N) is 1. The lowest BCUT2D eigenvalue weighted by atomic mass is 9.87. The second-order valence-electron chi connectivity index (χ2n) is 9.56. The topological polar surface area (TPSA) is 38.8 Å². The number of amides is 1. The van der Waals surface area contributed by atoms with E-state index in [1.54, 1.807) is 0 Å². The van der Waals surface area contributed by atoms with E-state index < -0.39 is 0 Å². The molecule has 3 aromatic rings. The molecule has 3 aromatic carbocycles. The number of hydrogen-bond donors (Lipinski definition) is 0. The molecule has 33 heavy (non-hydrogen) atoms. The molecular weight excluding hydrogens is 410 g/mol. The second-order valence-corrected chi connectivity index (χ2v) is 9.56. The van der Waals surface area contributed by atoms with E-state index in [4.69, 9.17) is 9.47 Å². The maximum Gasteiger partial charge on any atom is 0.254 e. The van der Waals surface area contributed by atoms with Gasteiger partial charge in [0, 0.05) is 24.2 Å². The van der Waals surface area contributed by atoms with Gasteiger partial charge in [-0.05, 0) is 65.8 Å². The van der Waals surface area contributed by atoms with Crippen molar-refractivity contribution in [2.24, 2.45) is 0 Å². The predicted molar refractivity (Wildman–Crippen MR) is 132 cm³/mol. The molecule has 1 aliphatic rings. The normalized spacial score (nSPS) is 13.4. The van der Waals surface area contributed by atoms with Gasteiger partial charge in [-0.25, -0.2) is 0 Å². The number of benzene rings is 3. The fourth-order valence-electron chi connectivity index (χ4n) is 4.19. The Morgan fingerprint density at radius 2 is 1.67 bits per heavy atom.